The SMILES string of the molecule is CN1CCCN(c2ncc(Br)cc2Br)CC1. The second-order valence-electron chi connectivity index (χ2n) is 4.10. The predicted octanol–water partition coefficient (Wildman–Crippen LogP) is 2.75. The van der Waals surface area contributed by atoms with E-state index in [4.69, 9.17) is 0 Å². The Kier molecular flexibility index (Phi) is 4.21. The molecule has 5 heteroatoms. The van der Waals surface area contributed by atoms with Crippen LogP contribution in [0.1, 0.15) is 6.42 Å². The average Bonchev–Trinajstić information content (AvgIpc) is 2.43. The normalized spacial score (nSPS) is 18.6. The van der Waals surface area contributed by atoms with E-state index in [1.807, 2.05) is 6.20 Å². The molecule has 1 fully saturated rings. The van der Waals surface area contributed by atoms with E-state index in [1.54, 1.807) is 0 Å². The third-order valence-corrected chi connectivity index (χ3v) is 3.82. The van der Waals surface area contributed by atoms with Gasteiger partial charge in [-0.2, -0.15) is 0 Å². The quantitative estimate of drug-likeness (QED) is 0.777. The second kappa shape index (κ2) is 5.47. The summed E-state index contributed by atoms with van der Waals surface area (Å²) in [5.74, 6) is 1.05. The highest BCUT2D eigenvalue weighted by atomic mass is 79.9. The van der Waals surface area contributed by atoms with Gasteiger partial charge in [0.15, 0.2) is 0 Å². The summed E-state index contributed by atoms with van der Waals surface area (Å²) in [5.41, 5.74) is 0. The molecule has 0 amide bonds. The zero-order valence-corrected chi connectivity index (χ0v) is 12.5. The van der Waals surface area contributed by atoms with Crippen molar-refractivity contribution < 1.29 is 0 Å². The van der Waals surface area contributed by atoms with Gasteiger partial charge in [0.2, 0.25) is 0 Å². The first-order valence-corrected chi connectivity index (χ1v) is 7.00. The van der Waals surface area contributed by atoms with Crippen molar-refractivity contribution in [2.24, 2.45) is 0 Å². The van der Waals surface area contributed by atoms with E-state index in [0.717, 1.165) is 34.4 Å². The molecule has 1 aromatic heterocycles. The molecule has 0 unspecified atom stereocenters. The van der Waals surface area contributed by atoms with Gasteiger partial charge in [-0.1, -0.05) is 0 Å². The van der Waals surface area contributed by atoms with Crippen molar-refractivity contribution in [1.29, 1.82) is 0 Å². The minimum absolute atomic E-state index is 1.01. The molecule has 2 rings (SSSR count). The summed E-state index contributed by atoms with van der Waals surface area (Å²) in [6, 6.07) is 2.05. The lowest BCUT2D eigenvalue weighted by Gasteiger charge is -2.22. The van der Waals surface area contributed by atoms with Crippen LogP contribution in [0.3, 0.4) is 0 Å². The van der Waals surface area contributed by atoms with Crippen LogP contribution in [0.15, 0.2) is 21.2 Å². The molecule has 1 aromatic rings. The number of nitrogens with zero attached hydrogens (tertiary/aromatic N) is 3. The Balaban J connectivity index is 2.16. The summed E-state index contributed by atoms with van der Waals surface area (Å²) in [6.07, 6.45) is 3.05. The van der Waals surface area contributed by atoms with Crippen LogP contribution in [0.25, 0.3) is 0 Å². The maximum absolute atomic E-state index is 4.48. The van der Waals surface area contributed by atoms with Crippen LogP contribution in [-0.2, 0) is 0 Å². The van der Waals surface area contributed by atoms with Crippen molar-refractivity contribution in [1.82, 2.24) is 9.88 Å². The van der Waals surface area contributed by atoms with Gasteiger partial charge in [-0.3, -0.25) is 0 Å². The van der Waals surface area contributed by atoms with Gasteiger partial charge in [0.1, 0.15) is 5.82 Å². The Morgan fingerprint density at radius 3 is 2.75 bits per heavy atom. The molecule has 0 aromatic carbocycles. The van der Waals surface area contributed by atoms with Gasteiger partial charge < -0.3 is 9.80 Å². The average molecular weight is 349 g/mol. The number of likely N-dealkylation sites (N-methyl/N-ethyl adjacent to an activating group) is 1. The van der Waals surface area contributed by atoms with Gasteiger partial charge >= 0.3 is 0 Å². The number of halogens is 2. The van der Waals surface area contributed by atoms with E-state index in [1.165, 1.54) is 13.0 Å². The molecule has 0 spiro atoms. The highest BCUT2D eigenvalue weighted by Gasteiger charge is 2.15. The smallest absolute Gasteiger partial charge is 0.142 e. The lowest BCUT2D eigenvalue weighted by atomic mass is 10.3. The van der Waals surface area contributed by atoms with E-state index in [-0.39, 0.29) is 0 Å². The van der Waals surface area contributed by atoms with Gasteiger partial charge in [0.25, 0.3) is 0 Å². The maximum atomic E-state index is 4.48. The Morgan fingerprint density at radius 1 is 1.19 bits per heavy atom. The molecule has 0 radical (unpaired) electrons. The maximum Gasteiger partial charge on any atom is 0.142 e. The zero-order chi connectivity index (χ0) is 11.5. The van der Waals surface area contributed by atoms with Crippen LogP contribution in [0.5, 0.6) is 0 Å². The van der Waals surface area contributed by atoms with Crippen molar-refractivity contribution in [2.45, 2.75) is 6.42 Å². The summed E-state index contributed by atoms with van der Waals surface area (Å²) >= 11 is 7.00. The fraction of sp³-hybridized carbons (Fsp3) is 0.545. The molecular formula is C11H15Br2N3. The van der Waals surface area contributed by atoms with Gasteiger partial charge in [-0.05, 0) is 57.9 Å². The number of rotatable bonds is 1. The lowest BCUT2D eigenvalue weighted by Crippen LogP contribution is -2.29. The minimum Gasteiger partial charge on any atom is -0.354 e. The second-order valence-corrected chi connectivity index (χ2v) is 5.87. The highest BCUT2D eigenvalue weighted by Crippen LogP contribution is 2.27. The van der Waals surface area contributed by atoms with Crippen LogP contribution in [0.2, 0.25) is 0 Å². The van der Waals surface area contributed by atoms with Crippen LogP contribution in [-0.4, -0.2) is 43.1 Å². The first kappa shape index (κ1) is 12.3. The summed E-state index contributed by atoms with van der Waals surface area (Å²) in [7, 11) is 2.17. The number of pyridine rings is 1. The minimum atomic E-state index is 1.01. The first-order chi connectivity index (χ1) is 7.66. The Hall–Kier alpha value is -0.130. The topological polar surface area (TPSA) is 19.4 Å². The molecule has 0 atom stereocenters. The van der Waals surface area contributed by atoms with E-state index in [9.17, 15) is 0 Å². The molecule has 0 bridgehead atoms. The van der Waals surface area contributed by atoms with Crippen LogP contribution < -0.4 is 4.90 Å². The molecule has 3 nitrogen and oxygen atoms in total. The third-order valence-electron chi connectivity index (χ3n) is 2.81. The molecular weight excluding hydrogens is 334 g/mol. The molecule has 0 N–H and O–H groups in total. The number of hydrogen-bond donors (Lipinski definition) is 0. The summed E-state index contributed by atoms with van der Waals surface area (Å²) in [4.78, 5) is 9.20. The van der Waals surface area contributed by atoms with Gasteiger partial charge in [0, 0.05) is 30.3 Å². The number of anilines is 1. The van der Waals surface area contributed by atoms with Gasteiger partial charge in [-0.25, -0.2) is 4.98 Å². The van der Waals surface area contributed by atoms with Crippen molar-refractivity contribution >= 4 is 37.7 Å². The largest absolute Gasteiger partial charge is 0.354 e. The van der Waals surface area contributed by atoms with Crippen LogP contribution in [0, 0.1) is 0 Å². The summed E-state index contributed by atoms with van der Waals surface area (Å²) < 4.78 is 2.07. The van der Waals surface area contributed by atoms with Crippen LogP contribution >= 0.6 is 31.9 Å². The molecule has 0 saturated carbocycles. The Labute approximate surface area is 113 Å². The number of hydrogen-bond acceptors (Lipinski definition) is 3. The molecule has 16 heavy (non-hydrogen) atoms. The van der Waals surface area contributed by atoms with E-state index in [2.05, 4.69) is 59.8 Å². The fourth-order valence-electron chi connectivity index (χ4n) is 1.90. The Bertz CT molecular complexity index is 370. The third kappa shape index (κ3) is 2.96. The standard InChI is InChI=1S/C11H15Br2N3/c1-15-3-2-4-16(6-5-15)11-10(13)7-9(12)8-14-11/h7-8H,2-6H2,1H3. The number of aromatic nitrogens is 1. The molecule has 1 saturated heterocycles. The molecule has 1 aliphatic rings. The first-order valence-electron chi connectivity index (χ1n) is 5.41. The Morgan fingerprint density at radius 2 is 2.00 bits per heavy atom. The highest BCUT2D eigenvalue weighted by molar-refractivity contribution is 9.11. The molecule has 0 aliphatic carbocycles. The van der Waals surface area contributed by atoms with Crippen molar-refractivity contribution in [2.75, 3.05) is 38.1 Å². The lowest BCUT2D eigenvalue weighted by molar-refractivity contribution is 0.360. The summed E-state index contributed by atoms with van der Waals surface area (Å²) in [5, 5.41) is 0. The van der Waals surface area contributed by atoms with Crippen molar-refractivity contribution in [3.05, 3.63) is 21.2 Å². The monoisotopic (exact) mass is 347 g/mol. The van der Waals surface area contributed by atoms with Crippen molar-refractivity contribution in [3.63, 3.8) is 0 Å². The predicted molar refractivity (Wildman–Crippen MR) is 74.0 cm³/mol. The molecule has 1 aliphatic heterocycles. The van der Waals surface area contributed by atoms with Gasteiger partial charge in [0.05, 0.1) is 4.47 Å². The molecule has 2 heterocycles. The summed E-state index contributed by atoms with van der Waals surface area (Å²) in [6.45, 7) is 4.40. The zero-order valence-electron chi connectivity index (χ0n) is 9.29. The van der Waals surface area contributed by atoms with Crippen LogP contribution in [0.4, 0.5) is 5.82 Å². The van der Waals surface area contributed by atoms with E-state index in [0.29, 0.717) is 0 Å². The van der Waals surface area contributed by atoms with E-state index < -0.39 is 0 Å². The van der Waals surface area contributed by atoms with Gasteiger partial charge in [-0.15, -0.1) is 0 Å². The fourth-order valence-corrected chi connectivity index (χ4v) is 3.14. The van der Waals surface area contributed by atoms with E-state index >= 15 is 0 Å². The molecule has 88 valence electrons. The van der Waals surface area contributed by atoms with Crippen molar-refractivity contribution in [3.8, 4) is 0 Å².